The molecule has 2 atom stereocenters. The van der Waals surface area contributed by atoms with Crippen LogP contribution in [0.5, 0.6) is 0 Å². The molecule has 18 heavy (non-hydrogen) atoms. The first-order valence-electron chi connectivity index (χ1n) is 5.89. The smallest absolute Gasteiger partial charge is 0.324 e. The fourth-order valence-electron chi connectivity index (χ4n) is 1.93. The Kier molecular flexibility index (Phi) is 4.73. The molecule has 0 aliphatic carbocycles. The van der Waals surface area contributed by atoms with Gasteiger partial charge in [-0.15, -0.1) is 0 Å². The quantitative estimate of drug-likeness (QED) is 0.806. The van der Waals surface area contributed by atoms with Gasteiger partial charge in [-0.1, -0.05) is 26.3 Å². The van der Waals surface area contributed by atoms with Crippen LogP contribution in [0.3, 0.4) is 0 Å². The lowest BCUT2D eigenvalue weighted by atomic mass is 9.91. The molecule has 0 bridgehead atoms. The van der Waals surface area contributed by atoms with Crippen LogP contribution in [0.1, 0.15) is 43.9 Å². The van der Waals surface area contributed by atoms with Gasteiger partial charge in [-0.2, -0.15) is 13.2 Å². The van der Waals surface area contributed by atoms with E-state index in [1.54, 1.807) is 0 Å². The van der Waals surface area contributed by atoms with Gasteiger partial charge in [0.05, 0.1) is 5.56 Å². The predicted octanol–water partition coefficient (Wildman–Crippen LogP) is 4.28. The summed E-state index contributed by atoms with van der Waals surface area (Å²) < 4.78 is 50.5. The molecule has 5 heteroatoms. The van der Waals surface area contributed by atoms with E-state index in [9.17, 15) is 17.6 Å². The average Bonchev–Trinajstić information content (AvgIpc) is 2.26. The first-order chi connectivity index (χ1) is 8.27. The number of halogens is 4. The summed E-state index contributed by atoms with van der Waals surface area (Å²) in [5, 5.41) is 0. The maximum Gasteiger partial charge on any atom is 0.419 e. The lowest BCUT2D eigenvalue weighted by Gasteiger charge is -2.20. The summed E-state index contributed by atoms with van der Waals surface area (Å²) in [6.45, 7) is 3.90. The second-order valence-electron chi connectivity index (χ2n) is 4.53. The maximum atomic E-state index is 13.4. The first kappa shape index (κ1) is 15.0. The second kappa shape index (κ2) is 5.69. The van der Waals surface area contributed by atoms with Crippen LogP contribution in [0.15, 0.2) is 18.2 Å². The van der Waals surface area contributed by atoms with Crippen LogP contribution in [-0.4, -0.2) is 0 Å². The van der Waals surface area contributed by atoms with E-state index in [0.29, 0.717) is 5.56 Å². The highest BCUT2D eigenvalue weighted by Crippen LogP contribution is 2.33. The van der Waals surface area contributed by atoms with Gasteiger partial charge >= 0.3 is 6.18 Å². The lowest BCUT2D eigenvalue weighted by molar-refractivity contribution is -0.140. The summed E-state index contributed by atoms with van der Waals surface area (Å²) in [4.78, 5) is 0. The normalized spacial score (nSPS) is 15.5. The fourth-order valence-corrected chi connectivity index (χ4v) is 1.93. The van der Waals surface area contributed by atoms with E-state index in [-0.39, 0.29) is 5.92 Å². The molecule has 0 saturated carbocycles. The summed E-state index contributed by atoms with van der Waals surface area (Å²) in [7, 11) is 0. The van der Waals surface area contributed by atoms with E-state index in [4.69, 9.17) is 5.73 Å². The molecule has 0 aromatic heterocycles. The van der Waals surface area contributed by atoms with Gasteiger partial charge in [-0.3, -0.25) is 0 Å². The Morgan fingerprint density at radius 2 is 1.89 bits per heavy atom. The van der Waals surface area contributed by atoms with Crippen molar-refractivity contribution in [3.8, 4) is 0 Å². The molecular weight excluding hydrogens is 246 g/mol. The minimum Gasteiger partial charge on any atom is -0.324 e. The standard InChI is InChI=1S/C13H17F4N/c1-3-4-8(2)12(18)9-5-6-10(11(14)7-9)13(15,16)17/h5-8,12H,3-4,18H2,1-2H3. The number of nitrogens with two attached hydrogens (primary N) is 1. The number of rotatable bonds is 4. The molecule has 0 aliphatic heterocycles. The molecule has 0 saturated heterocycles. The number of hydrogen-bond acceptors (Lipinski definition) is 1. The summed E-state index contributed by atoms with van der Waals surface area (Å²) in [5.74, 6) is -1.16. The summed E-state index contributed by atoms with van der Waals surface area (Å²) in [5.41, 5.74) is 5.06. The van der Waals surface area contributed by atoms with E-state index >= 15 is 0 Å². The monoisotopic (exact) mass is 263 g/mol. The first-order valence-corrected chi connectivity index (χ1v) is 5.89. The van der Waals surface area contributed by atoms with Gasteiger partial charge in [0, 0.05) is 6.04 Å². The highest BCUT2D eigenvalue weighted by molar-refractivity contribution is 5.28. The van der Waals surface area contributed by atoms with Gasteiger partial charge in [0.15, 0.2) is 0 Å². The van der Waals surface area contributed by atoms with Gasteiger partial charge < -0.3 is 5.73 Å². The van der Waals surface area contributed by atoms with Crippen molar-refractivity contribution in [2.24, 2.45) is 11.7 Å². The van der Waals surface area contributed by atoms with Crippen molar-refractivity contribution in [2.45, 2.75) is 38.9 Å². The van der Waals surface area contributed by atoms with E-state index < -0.39 is 23.6 Å². The SMILES string of the molecule is CCCC(C)C(N)c1ccc(C(F)(F)F)c(F)c1. The largest absolute Gasteiger partial charge is 0.419 e. The Bertz CT molecular complexity index is 400. The van der Waals surface area contributed by atoms with Crippen LogP contribution in [0, 0.1) is 11.7 Å². The Morgan fingerprint density at radius 1 is 1.28 bits per heavy atom. The zero-order valence-electron chi connectivity index (χ0n) is 10.4. The molecule has 1 aromatic rings. The van der Waals surface area contributed by atoms with Gasteiger partial charge in [0.25, 0.3) is 0 Å². The van der Waals surface area contributed by atoms with E-state index in [2.05, 4.69) is 0 Å². The molecule has 0 heterocycles. The Balaban J connectivity index is 2.97. The predicted molar refractivity (Wildman–Crippen MR) is 62.4 cm³/mol. The van der Waals surface area contributed by atoms with Gasteiger partial charge in [0.1, 0.15) is 5.82 Å². The van der Waals surface area contributed by atoms with Gasteiger partial charge in [-0.25, -0.2) is 4.39 Å². The molecule has 2 N–H and O–H groups in total. The van der Waals surface area contributed by atoms with Crippen LogP contribution in [0.25, 0.3) is 0 Å². The molecule has 1 nitrogen and oxygen atoms in total. The molecule has 0 fully saturated rings. The summed E-state index contributed by atoms with van der Waals surface area (Å²) >= 11 is 0. The zero-order valence-corrected chi connectivity index (χ0v) is 10.4. The molecular formula is C13H17F4N. The minimum atomic E-state index is -4.66. The molecule has 1 aromatic carbocycles. The van der Waals surface area contributed by atoms with Crippen molar-refractivity contribution in [1.82, 2.24) is 0 Å². The van der Waals surface area contributed by atoms with E-state index in [0.717, 1.165) is 25.0 Å². The maximum absolute atomic E-state index is 13.4. The average molecular weight is 263 g/mol. The topological polar surface area (TPSA) is 26.0 Å². The Morgan fingerprint density at radius 3 is 2.33 bits per heavy atom. The number of benzene rings is 1. The molecule has 0 radical (unpaired) electrons. The molecule has 0 amide bonds. The molecule has 2 unspecified atom stereocenters. The highest BCUT2D eigenvalue weighted by atomic mass is 19.4. The van der Waals surface area contributed by atoms with E-state index in [1.165, 1.54) is 6.07 Å². The zero-order chi connectivity index (χ0) is 13.9. The lowest BCUT2D eigenvalue weighted by Crippen LogP contribution is -2.20. The van der Waals surface area contributed by atoms with Crippen molar-refractivity contribution < 1.29 is 17.6 Å². The van der Waals surface area contributed by atoms with Gasteiger partial charge in [0.2, 0.25) is 0 Å². The van der Waals surface area contributed by atoms with E-state index in [1.807, 2.05) is 13.8 Å². The minimum absolute atomic E-state index is 0.103. The van der Waals surface area contributed by atoms with Crippen molar-refractivity contribution >= 4 is 0 Å². The van der Waals surface area contributed by atoms with Crippen molar-refractivity contribution in [2.75, 3.05) is 0 Å². The number of hydrogen-bond donors (Lipinski definition) is 1. The number of alkyl halides is 3. The third-order valence-electron chi connectivity index (χ3n) is 3.04. The van der Waals surface area contributed by atoms with Crippen molar-refractivity contribution in [3.63, 3.8) is 0 Å². The third-order valence-corrected chi connectivity index (χ3v) is 3.04. The van der Waals surface area contributed by atoms with Crippen LogP contribution in [-0.2, 0) is 6.18 Å². The molecule has 0 spiro atoms. The Labute approximate surface area is 104 Å². The van der Waals surface area contributed by atoms with Crippen molar-refractivity contribution in [3.05, 3.63) is 35.1 Å². The van der Waals surface area contributed by atoms with Gasteiger partial charge in [-0.05, 0) is 30.0 Å². The van der Waals surface area contributed by atoms with Crippen molar-refractivity contribution in [1.29, 1.82) is 0 Å². The highest BCUT2D eigenvalue weighted by Gasteiger charge is 2.34. The Hall–Kier alpha value is -1.10. The van der Waals surface area contributed by atoms with Crippen LogP contribution in [0.4, 0.5) is 17.6 Å². The van der Waals surface area contributed by atoms with Crippen LogP contribution >= 0.6 is 0 Å². The fraction of sp³-hybridized carbons (Fsp3) is 0.538. The molecule has 1 rings (SSSR count). The molecule has 102 valence electrons. The van der Waals surface area contributed by atoms with Crippen LogP contribution < -0.4 is 5.73 Å². The summed E-state index contributed by atoms with van der Waals surface area (Å²) in [6, 6.07) is 2.45. The third kappa shape index (κ3) is 3.45. The van der Waals surface area contributed by atoms with Crippen LogP contribution in [0.2, 0.25) is 0 Å². The second-order valence-corrected chi connectivity index (χ2v) is 4.53. The molecule has 0 aliphatic rings. The summed E-state index contributed by atoms with van der Waals surface area (Å²) in [6.07, 6.45) is -2.89.